The largest absolute Gasteiger partial charge is 0.313 e. The Bertz CT molecular complexity index is 519. The Morgan fingerprint density at radius 3 is 2.89 bits per heavy atom. The second-order valence-electron chi connectivity index (χ2n) is 4.08. The maximum absolute atomic E-state index is 4.26. The third-order valence-electron chi connectivity index (χ3n) is 2.53. The fraction of sp³-hybridized carbons (Fsp3) is 0.286. The number of halogens is 1. The zero-order valence-electron chi connectivity index (χ0n) is 10.8. The first kappa shape index (κ1) is 14.5. The molecule has 0 spiro atoms. The van der Waals surface area contributed by atoms with E-state index in [1.165, 1.54) is 5.56 Å². The van der Waals surface area contributed by atoms with Gasteiger partial charge in [-0.25, -0.2) is 4.98 Å². The van der Waals surface area contributed by atoms with Crippen molar-refractivity contribution in [3.8, 4) is 0 Å². The number of nitrogens with zero attached hydrogens (tertiary/aromatic N) is 2. The first-order chi connectivity index (χ1) is 9.29. The molecule has 2 aromatic rings. The van der Waals surface area contributed by atoms with E-state index in [9.17, 15) is 0 Å². The van der Waals surface area contributed by atoms with Crippen LogP contribution in [0.2, 0.25) is 0 Å². The molecule has 100 valence electrons. The monoisotopic (exact) mass is 337 g/mol. The van der Waals surface area contributed by atoms with Crippen LogP contribution in [0.3, 0.4) is 0 Å². The van der Waals surface area contributed by atoms with Gasteiger partial charge in [0.2, 0.25) is 0 Å². The molecule has 19 heavy (non-hydrogen) atoms. The van der Waals surface area contributed by atoms with Crippen LogP contribution < -0.4 is 5.32 Å². The van der Waals surface area contributed by atoms with Crippen molar-refractivity contribution in [2.45, 2.75) is 29.8 Å². The average Bonchev–Trinajstić information content (AvgIpc) is 2.43. The second-order valence-corrected chi connectivity index (χ2v) is 6.02. The molecule has 0 saturated carbocycles. The van der Waals surface area contributed by atoms with Gasteiger partial charge in [-0.15, -0.1) is 0 Å². The number of hydrogen-bond donors (Lipinski definition) is 1. The summed E-state index contributed by atoms with van der Waals surface area (Å²) in [4.78, 5) is 9.48. The van der Waals surface area contributed by atoms with Gasteiger partial charge in [0, 0.05) is 28.3 Å². The van der Waals surface area contributed by atoms with E-state index >= 15 is 0 Å². The number of nitrogens with one attached hydrogen (secondary N) is 1. The summed E-state index contributed by atoms with van der Waals surface area (Å²) in [6.07, 6.45) is 6.32. The van der Waals surface area contributed by atoms with Gasteiger partial charge in [-0.3, -0.25) is 4.98 Å². The van der Waals surface area contributed by atoms with E-state index in [4.69, 9.17) is 0 Å². The molecule has 0 amide bonds. The van der Waals surface area contributed by atoms with Crippen molar-refractivity contribution in [3.63, 3.8) is 0 Å². The summed E-state index contributed by atoms with van der Waals surface area (Å²) < 4.78 is 1.13. The van der Waals surface area contributed by atoms with E-state index in [1.54, 1.807) is 30.4 Å². The Morgan fingerprint density at radius 1 is 1.32 bits per heavy atom. The molecular weight excluding hydrogens is 322 g/mol. The molecular formula is C14H16BrN3S. The smallest absolute Gasteiger partial charge is 0.119 e. The van der Waals surface area contributed by atoms with E-state index in [0.717, 1.165) is 33.9 Å². The lowest BCUT2D eigenvalue weighted by molar-refractivity contribution is 0.673. The van der Waals surface area contributed by atoms with E-state index in [2.05, 4.69) is 56.3 Å². The quantitative estimate of drug-likeness (QED) is 0.811. The molecule has 1 heterocycles. The summed E-state index contributed by atoms with van der Waals surface area (Å²) in [7, 11) is 0. The van der Waals surface area contributed by atoms with Crippen LogP contribution in [0.1, 0.15) is 18.9 Å². The minimum Gasteiger partial charge on any atom is -0.313 e. The maximum Gasteiger partial charge on any atom is 0.119 e. The van der Waals surface area contributed by atoms with Crippen LogP contribution in [0.15, 0.2) is 51.2 Å². The van der Waals surface area contributed by atoms with Crippen LogP contribution >= 0.6 is 27.7 Å². The van der Waals surface area contributed by atoms with Gasteiger partial charge in [0.15, 0.2) is 0 Å². The first-order valence-electron chi connectivity index (χ1n) is 6.22. The van der Waals surface area contributed by atoms with Gasteiger partial charge in [-0.05, 0) is 30.7 Å². The molecule has 0 aliphatic rings. The highest BCUT2D eigenvalue weighted by atomic mass is 79.9. The Labute approximate surface area is 126 Å². The van der Waals surface area contributed by atoms with Crippen molar-refractivity contribution in [1.29, 1.82) is 0 Å². The Hall–Kier alpha value is -0.910. The standard InChI is InChI=1S/C14H16BrN3S/c1-2-5-16-9-11-3-4-12(8-13(11)15)19-14-10-17-6-7-18-14/h3-4,6-8,10,16H,2,5,9H2,1H3. The molecule has 5 heteroatoms. The molecule has 3 nitrogen and oxygen atoms in total. The summed E-state index contributed by atoms with van der Waals surface area (Å²) in [5.41, 5.74) is 1.27. The van der Waals surface area contributed by atoms with Crippen LogP contribution in [0, 0.1) is 0 Å². The minimum absolute atomic E-state index is 0.893. The van der Waals surface area contributed by atoms with Crippen LogP contribution in [-0.4, -0.2) is 16.5 Å². The molecule has 2 rings (SSSR count). The van der Waals surface area contributed by atoms with Crippen LogP contribution in [0.5, 0.6) is 0 Å². The second kappa shape index (κ2) is 7.62. The summed E-state index contributed by atoms with van der Waals surface area (Å²) in [6, 6.07) is 6.39. The number of hydrogen-bond acceptors (Lipinski definition) is 4. The SMILES string of the molecule is CCCNCc1ccc(Sc2cnccn2)cc1Br. The molecule has 0 saturated heterocycles. The predicted molar refractivity (Wildman–Crippen MR) is 82.3 cm³/mol. The van der Waals surface area contributed by atoms with Gasteiger partial charge < -0.3 is 5.32 Å². The molecule has 1 N–H and O–H groups in total. The normalized spacial score (nSPS) is 10.6. The molecule has 0 fully saturated rings. The summed E-state index contributed by atoms with van der Waals surface area (Å²) in [5, 5.41) is 4.31. The van der Waals surface area contributed by atoms with Gasteiger partial charge >= 0.3 is 0 Å². The van der Waals surface area contributed by atoms with E-state index < -0.39 is 0 Å². The lowest BCUT2D eigenvalue weighted by Gasteiger charge is -2.08. The topological polar surface area (TPSA) is 37.8 Å². The Kier molecular flexibility index (Phi) is 5.82. The molecule has 0 unspecified atom stereocenters. The third kappa shape index (κ3) is 4.60. The highest BCUT2D eigenvalue weighted by Crippen LogP contribution is 2.29. The molecule has 0 bridgehead atoms. The highest BCUT2D eigenvalue weighted by molar-refractivity contribution is 9.10. The molecule has 0 atom stereocenters. The highest BCUT2D eigenvalue weighted by Gasteiger charge is 2.03. The zero-order chi connectivity index (χ0) is 13.5. The Morgan fingerprint density at radius 2 is 2.21 bits per heavy atom. The van der Waals surface area contributed by atoms with E-state index in [0.29, 0.717) is 0 Å². The van der Waals surface area contributed by atoms with Crippen molar-refractivity contribution in [1.82, 2.24) is 15.3 Å². The summed E-state index contributed by atoms with van der Waals surface area (Å²) >= 11 is 5.24. The van der Waals surface area contributed by atoms with Crippen LogP contribution in [-0.2, 0) is 6.54 Å². The fourth-order valence-corrected chi connectivity index (χ4v) is 3.05. The van der Waals surface area contributed by atoms with Crippen molar-refractivity contribution >= 4 is 27.7 Å². The van der Waals surface area contributed by atoms with Crippen molar-refractivity contribution in [2.24, 2.45) is 0 Å². The Balaban J connectivity index is 2.02. The molecule has 1 aromatic carbocycles. The molecule has 0 radical (unpaired) electrons. The molecule has 0 aliphatic heterocycles. The number of benzene rings is 1. The maximum atomic E-state index is 4.26. The number of aromatic nitrogens is 2. The van der Waals surface area contributed by atoms with Gasteiger partial charge in [-0.2, -0.15) is 0 Å². The van der Waals surface area contributed by atoms with Crippen LogP contribution in [0.25, 0.3) is 0 Å². The number of rotatable bonds is 6. The van der Waals surface area contributed by atoms with Crippen molar-refractivity contribution < 1.29 is 0 Å². The van der Waals surface area contributed by atoms with Gasteiger partial charge in [0.25, 0.3) is 0 Å². The fourth-order valence-electron chi connectivity index (χ4n) is 1.59. The van der Waals surface area contributed by atoms with Crippen LogP contribution in [0.4, 0.5) is 0 Å². The van der Waals surface area contributed by atoms with E-state index in [1.807, 2.05) is 0 Å². The molecule has 1 aromatic heterocycles. The third-order valence-corrected chi connectivity index (χ3v) is 4.18. The minimum atomic E-state index is 0.893. The lowest BCUT2D eigenvalue weighted by Crippen LogP contribution is -2.14. The summed E-state index contributed by atoms with van der Waals surface area (Å²) in [5.74, 6) is 0. The van der Waals surface area contributed by atoms with Crippen molar-refractivity contribution in [3.05, 3.63) is 46.8 Å². The van der Waals surface area contributed by atoms with Gasteiger partial charge in [0.05, 0.1) is 6.20 Å². The van der Waals surface area contributed by atoms with Gasteiger partial charge in [-0.1, -0.05) is 40.7 Å². The van der Waals surface area contributed by atoms with E-state index in [-0.39, 0.29) is 0 Å². The summed E-state index contributed by atoms with van der Waals surface area (Å²) in [6.45, 7) is 4.11. The predicted octanol–water partition coefficient (Wildman–Crippen LogP) is 3.89. The lowest BCUT2D eigenvalue weighted by atomic mass is 10.2. The zero-order valence-corrected chi connectivity index (χ0v) is 13.2. The molecule has 0 aliphatic carbocycles. The first-order valence-corrected chi connectivity index (χ1v) is 7.83. The van der Waals surface area contributed by atoms with Gasteiger partial charge in [0.1, 0.15) is 5.03 Å². The van der Waals surface area contributed by atoms with Crippen molar-refractivity contribution in [2.75, 3.05) is 6.54 Å². The average molecular weight is 338 g/mol.